The van der Waals surface area contributed by atoms with Gasteiger partial charge in [-0.2, -0.15) is 0 Å². The van der Waals surface area contributed by atoms with E-state index in [1.807, 2.05) is 37.3 Å². The third kappa shape index (κ3) is 3.09. The summed E-state index contributed by atoms with van der Waals surface area (Å²) in [6.07, 6.45) is 0.733. The number of rotatable bonds is 2. The number of amides is 1. The number of benzene rings is 1. The number of hydrogen-bond donors (Lipinski definition) is 2. The summed E-state index contributed by atoms with van der Waals surface area (Å²) in [5, 5.41) is 3.86. The lowest BCUT2D eigenvalue weighted by molar-refractivity contribution is 0.0920. The summed E-state index contributed by atoms with van der Waals surface area (Å²) in [7, 11) is 0. The minimum absolute atomic E-state index is 0.0829. The van der Waals surface area contributed by atoms with Gasteiger partial charge in [-0.15, -0.1) is 11.3 Å². The van der Waals surface area contributed by atoms with Gasteiger partial charge in [-0.1, -0.05) is 22.0 Å². The number of carbonyl (C=O) groups is 1. The van der Waals surface area contributed by atoms with Crippen LogP contribution in [-0.4, -0.2) is 23.5 Å². The number of halogens is 1. The highest BCUT2D eigenvalue weighted by Gasteiger charge is 2.24. The Bertz CT molecular complexity index is 986. The Kier molecular flexibility index (Phi) is 4.13. The van der Waals surface area contributed by atoms with Crippen LogP contribution in [0, 0.1) is 6.92 Å². The Morgan fingerprint density at radius 3 is 3.08 bits per heavy atom. The summed E-state index contributed by atoms with van der Waals surface area (Å²) in [5.41, 5.74) is 8.64. The van der Waals surface area contributed by atoms with E-state index in [1.165, 1.54) is 11.3 Å². The Morgan fingerprint density at radius 2 is 2.24 bits per heavy atom. The average Bonchev–Trinajstić information content (AvgIpc) is 2.91. The molecule has 0 saturated heterocycles. The molecular weight excluding hydrogens is 402 g/mol. The van der Waals surface area contributed by atoms with Gasteiger partial charge in [-0.25, -0.2) is 4.98 Å². The highest BCUT2D eigenvalue weighted by Crippen LogP contribution is 2.33. The van der Waals surface area contributed by atoms with E-state index in [2.05, 4.69) is 26.2 Å². The van der Waals surface area contributed by atoms with Crippen LogP contribution >= 0.6 is 27.3 Å². The van der Waals surface area contributed by atoms with Gasteiger partial charge in [0.15, 0.2) is 0 Å². The van der Waals surface area contributed by atoms with Crippen molar-refractivity contribution in [2.45, 2.75) is 19.4 Å². The number of nitrogens with zero attached hydrogens (tertiary/aromatic N) is 1. The average molecular weight is 418 g/mol. The van der Waals surface area contributed by atoms with Gasteiger partial charge in [-0.3, -0.25) is 4.79 Å². The molecule has 7 heteroatoms. The molecule has 1 aromatic carbocycles. The van der Waals surface area contributed by atoms with Crippen LogP contribution in [0.2, 0.25) is 0 Å². The molecule has 3 heterocycles. The third-order valence-electron chi connectivity index (χ3n) is 4.21. The van der Waals surface area contributed by atoms with Crippen molar-refractivity contribution in [3.05, 3.63) is 50.9 Å². The van der Waals surface area contributed by atoms with Gasteiger partial charge in [0.25, 0.3) is 5.91 Å². The monoisotopic (exact) mass is 417 g/mol. The molecule has 0 bridgehead atoms. The molecule has 128 valence electrons. The fourth-order valence-electron chi connectivity index (χ4n) is 2.95. The Labute approximate surface area is 157 Å². The molecule has 0 fully saturated rings. The summed E-state index contributed by atoms with van der Waals surface area (Å²) < 4.78 is 6.75. The van der Waals surface area contributed by atoms with Crippen molar-refractivity contribution in [3.63, 3.8) is 0 Å². The largest absolute Gasteiger partial charge is 0.491 e. The fourth-order valence-corrected chi connectivity index (χ4v) is 4.33. The molecule has 3 aromatic rings. The standard InChI is InChI=1S/C18H16BrN3O2S/c1-9-2-5-13-15(20)16(25-18(13)21-9)17(23)22-12-6-10-3-4-11(19)7-14(10)24-8-12/h2-5,7,12H,6,8,20H2,1H3,(H,22,23)/t12-/m1/s1. The number of nitrogen functional groups attached to an aromatic ring is 1. The van der Waals surface area contributed by atoms with E-state index in [-0.39, 0.29) is 11.9 Å². The number of aryl methyl sites for hydroxylation is 1. The van der Waals surface area contributed by atoms with Crippen molar-refractivity contribution in [2.75, 3.05) is 12.3 Å². The quantitative estimate of drug-likeness (QED) is 0.666. The topological polar surface area (TPSA) is 77.2 Å². The van der Waals surface area contributed by atoms with Gasteiger partial charge in [-0.05, 0) is 43.2 Å². The molecule has 0 radical (unpaired) electrons. The number of aromatic nitrogens is 1. The van der Waals surface area contributed by atoms with Gasteiger partial charge in [0.1, 0.15) is 22.1 Å². The van der Waals surface area contributed by atoms with Crippen LogP contribution in [0.3, 0.4) is 0 Å². The van der Waals surface area contributed by atoms with Gasteiger partial charge in [0.2, 0.25) is 0 Å². The number of anilines is 1. The molecule has 0 saturated carbocycles. The smallest absolute Gasteiger partial charge is 0.263 e. The van der Waals surface area contributed by atoms with Crippen molar-refractivity contribution in [1.82, 2.24) is 10.3 Å². The van der Waals surface area contributed by atoms with Crippen LogP contribution in [-0.2, 0) is 6.42 Å². The van der Waals surface area contributed by atoms with E-state index >= 15 is 0 Å². The molecule has 1 aliphatic rings. The highest BCUT2D eigenvalue weighted by atomic mass is 79.9. The Balaban J connectivity index is 1.55. The molecule has 2 aromatic heterocycles. The molecule has 1 aliphatic heterocycles. The highest BCUT2D eigenvalue weighted by molar-refractivity contribution is 9.10. The summed E-state index contributed by atoms with van der Waals surface area (Å²) in [5.74, 6) is 0.688. The maximum absolute atomic E-state index is 12.7. The number of hydrogen-bond acceptors (Lipinski definition) is 5. The zero-order valence-electron chi connectivity index (χ0n) is 13.5. The second-order valence-corrected chi connectivity index (χ2v) is 8.00. The van der Waals surface area contributed by atoms with E-state index < -0.39 is 0 Å². The number of nitrogens with one attached hydrogen (secondary N) is 1. The SMILES string of the molecule is Cc1ccc2c(N)c(C(=O)N[C@H]3COc4cc(Br)ccc4C3)sc2n1. The number of nitrogens with two attached hydrogens (primary N) is 1. The van der Waals surface area contributed by atoms with Crippen LogP contribution in [0.15, 0.2) is 34.8 Å². The van der Waals surface area contributed by atoms with Gasteiger partial charge in [0, 0.05) is 15.6 Å². The lowest BCUT2D eigenvalue weighted by Crippen LogP contribution is -2.42. The molecule has 0 unspecified atom stereocenters. The van der Waals surface area contributed by atoms with Crippen molar-refractivity contribution in [2.24, 2.45) is 0 Å². The van der Waals surface area contributed by atoms with Crippen LogP contribution in [0.25, 0.3) is 10.2 Å². The lowest BCUT2D eigenvalue weighted by Gasteiger charge is -2.26. The minimum Gasteiger partial charge on any atom is -0.491 e. The summed E-state index contributed by atoms with van der Waals surface area (Å²) >= 11 is 4.77. The van der Waals surface area contributed by atoms with E-state index in [0.717, 1.165) is 38.1 Å². The van der Waals surface area contributed by atoms with Crippen LogP contribution in [0.4, 0.5) is 5.69 Å². The Morgan fingerprint density at radius 1 is 1.40 bits per heavy atom. The van der Waals surface area contributed by atoms with Gasteiger partial charge < -0.3 is 15.8 Å². The first-order valence-electron chi connectivity index (χ1n) is 7.89. The molecule has 1 atom stereocenters. The number of ether oxygens (including phenoxy) is 1. The van der Waals surface area contributed by atoms with E-state index in [1.54, 1.807) is 0 Å². The molecule has 0 spiro atoms. The second kappa shape index (κ2) is 6.31. The molecule has 25 heavy (non-hydrogen) atoms. The summed E-state index contributed by atoms with van der Waals surface area (Å²) in [6.45, 7) is 2.36. The minimum atomic E-state index is -0.174. The third-order valence-corrected chi connectivity index (χ3v) is 5.82. The first-order valence-corrected chi connectivity index (χ1v) is 9.50. The predicted octanol–water partition coefficient (Wildman–Crippen LogP) is 3.68. The van der Waals surface area contributed by atoms with Gasteiger partial charge >= 0.3 is 0 Å². The van der Waals surface area contributed by atoms with E-state index in [9.17, 15) is 4.79 Å². The Hall–Kier alpha value is -2.12. The van der Waals surface area contributed by atoms with Crippen molar-refractivity contribution < 1.29 is 9.53 Å². The fraction of sp³-hybridized carbons (Fsp3) is 0.222. The number of fused-ring (bicyclic) bond motifs is 2. The van der Waals surface area contributed by atoms with Crippen LogP contribution < -0.4 is 15.8 Å². The molecule has 4 rings (SSSR count). The summed E-state index contributed by atoms with van der Waals surface area (Å²) in [4.78, 5) is 18.4. The molecular formula is C18H16BrN3O2S. The maximum atomic E-state index is 12.7. The first kappa shape index (κ1) is 16.4. The summed E-state index contributed by atoms with van der Waals surface area (Å²) in [6, 6.07) is 9.67. The van der Waals surface area contributed by atoms with E-state index in [4.69, 9.17) is 10.5 Å². The molecule has 3 N–H and O–H groups in total. The number of carbonyl (C=O) groups excluding carboxylic acids is 1. The van der Waals surface area contributed by atoms with Crippen molar-refractivity contribution >= 4 is 49.1 Å². The normalized spacial score (nSPS) is 16.3. The number of pyridine rings is 1. The second-order valence-electron chi connectivity index (χ2n) is 6.09. The van der Waals surface area contributed by atoms with Gasteiger partial charge in [0.05, 0.1) is 11.7 Å². The zero-order chi connectivity index (χ0) is 17.6. The van der Waals surface area contributed by atoms with Crippen LogP contribution in [0.5, 0.6) is 5.75 Å². The van der Waals surface area contributed by atoms with Crippen LogP contribution in [0.1, 0.15) is 20.9 Å². The van der Waals surface area contributed by atoms with Crippen molar-refractivity contribution in [1.29, 1.82) is 0 Å². The number of thiophene rings is 1. The molecule has 1 amide bonds. The van der Waals surface area contributed by atoms with Crippen molar-refractivity contribution in [3.8, 4) is 5.75 Å². The maximum Gasteiger partial charge on any atom is 0.263 e. The zero-order valence-corrected chi connectivity index (χ0v) is 15.9. The first-order chi connectivity index (χ1) is 12.0. The molecule has 5 nitrogen and oxygen atoms in total. The predicted molar refractivity (Wildman–Crippen MR) is 103 cm³/mol. The lowest BCUT2D eigenvalue weighted by atomic mass is 10.0. The molecule has 0 aliphatic carbocycles. The van der Waals surface area contributed by atoms with E-state index in [0.29, 0.717) is 17.2 Å².